The predicted octanol–water partition coefficient (Wildman–Crippen LogP) is 6.31. The molecule has 2 aliphatic heterocycles. The Kier molecular flexibility index (Phi) is 8.08. The lowest BCUT2D eigenvalue weighted by molar-refractivity contribution is 0.0909. The summed E-state index contributed by atoms with van der Waals surface area (Å²) in [6, 6.07) is 10.7. The quantitative estimate of drug-likeness (QED) is 0.297. The number of likely N-dealkylation sites (tertiary alicyclic amines) is 1. The van der Waals surface area contributed by atoms with Crippen LogP contribution in [0.5, 0.6) is 11.5 Å². The smallest absolute Gasteiger partial charge is 0.251 e. The van der Waals surface area contributed by atoms with Gasteiger partial charge < -0.3 is 19.7 Å². The van der Waals surface area contributed by atoms with Crippen molar-refractivity contribution >= 4 is 34.9 Å². The molecule has 2 fully saturated rings. The number of allylic oxidation sites excluding steroid dienone is 2. The summed E-state index contributed by atoms with van der Waals surface area (Å²) in [5, 5.41) is 3.94. The van der Waals surface area contributed by atoms with E-state index in [2.05, 4.69) is 10.2 Å². The first-order valence-electron chi connectivity index (χ1n) is 13.1. The maximum absolute atomic E-state index is 13.0. The lowest BCUT2D eigenvalue weighted by atomic mass is 10.0. The number of rotatable bonds is 9. The fourth-order valence-electron chi connectivity index (χ4n) is 5.00. The van der Waals surface area contributed by atoms with Crippen LogP contribution in [0.3, 0.4) is 0 Å². The second-order valence-corrected chi connectivity index (χ2v) is 10.9. The monoisotopic (exact) mass is 542 g/mol. The number of unbranched alkanes of at least 4 members (excludes halogenated alkanes) is 1. The molecule has 37 heavy (non-hydrogen) atoms. The Hall–Kier alpha value is -2.54. The Morgan fingerprint density at radius 3 is 2.59 bits per heavy atom. The van der Waals surface area contributed by atoms with E-state index in [-0.39, 0.29) is 17.7 Å². The van der Waals surface area contributed by atoms with Crippen molar-refractivity contribution in [3.8, 4) is 11.5 Å². The third kappa shape index (κ3) is 6.14. The summed E-state index contributed by atoms with van der Waals surface area (Å²) < 4.78 is 11.9. The molecule has 1 amide bonds. The number of carbonyl (C=O) groups is 2. The van der Waals surface area contributed by atoms with Gasteiger partial charge in [-0.15, -0.1) is 0 Å². The lowest BCUT2D eigenvalue weighted by Crippen LogP contribution is -2.44. The average Bonchev–Trinajstić information content (AvgIpc) is 3.69. The van der Waals surface area contributed by atoms with Crippen molar-refractivity contribution in [3.05, 3.63) is 68.9 Å². The number of ketones is 1. The van der Waals surface area contributed by atoms with Crippen LogP contribution in [0.4, 0.5) is 0 Å². The first-order valence-corrected chi connectivity index (χ1v) is 13.8. The lowest BCUT2D eigenvalue weighted by Gasteiger charge is -2.32. The van der Waals surface area contributed by atoms with Gasteiger partial charge in [0.2, 0.25) is 5.78 Å². The molecule has 1 N–H and O–H groups in total. The van der Waals surface area contributed by atoms with E-state index in [1.807, 2.05) is 25.1 Å². The average molecular weight is 543 g/mol. The summed E-state index contributed by atoms with van der Waals surface area (Å²) in [4.78, 5) is 27.9. The predicted molar refractivity (Wildman–Crippen MR) is 145 cm³/mol. The van der Waals surface area contributed by atoms with Crippen LogP contribution in [0.25, 0.3) is 0 Å². The fraction of sp³-hybridized carbons (Fsp3) is 0.448. The number of nitrogens with zero attached hydrogens (tertiary/aromatic N) is 1. The van der Waals surface area contributed by atoms with Crippen LogP contribution >= 0.6 is 23.2 Å². The molecule has 1 aliphatic carbocycles. The van der Waals surface area contributed by atoms with Gasteiger partial charge in [-0.05, 0) is 93.8 Å². The highest BCUT2D eigenvalue weighted by Crippen LogP contribution is 2.43. The van der Waals surface area contributed by atoms with E-state index in [9.17, 15) is 9.59 Å². The molecule has 0 spiro atoms. The minimum absolute atomic E-state index is 0.0517. The van der Waals surface area contributed by atoms with E-state index in [1.54, 1.807) is 18.2 Å². The van der Waals surface area contributed by atoms with Crippen molar-refractivity contribution in [2.75, 3.05) is 26.2 Å². The number of hydrogen-bond donors (Lipinski definition) is 1. The number of Topliss-reactive ketones (excluding diaryl/α,β-unsaturated/α-hetero) is 1. The van der Waals surface area contributed by atoms with E-state index in [0.29, 0.717) is 51.0 Å². The van der Waals surface area contributed by atoms with Crippen molar-refractivity contribution in [2.24, 2.45) is 5.92 Å². The highest BCUT2D eigenvalue weighted by Gasteiger charge is 2.36. The first-order chi connectivity index (χ1) is 17.9. The molecule has 1 saturated carbocycles. The number of hydrogen-bond acceptors (Lipinski definition) is 5. The molecule has 0 bridgehead atoms. The maximum atomic E-state index is 13.0. The number of nitrogens with one attached hydrogen (secondary N) is 1. The van der Waals surface area contributed by atoms with Crippen LogP contribution in [-0.4, -0.2) is 48.9 Å². The largest absolute Gasteiger partial charge is 0.493 e. The zero-order valence-corrected chi connectivity index (χ0v) is 22.5. The molecule has 0 atom stereocenters. The van der Waals surface area contributed by atoms with Crippen LogP contribution < -0.4 is 14.8 Å². The summed E-state index contributed by atoms with van der Waals surface area (Å²) in [5.74, 6) is 2.03. The normalized spacial score (nSPS) is 19.4. The Morgan fingerprint density at radius 1 is 1.08 bits per heavy atom. The molecule has 6 nitrogen and oxygen atoms in total. The molecule has 3 aliphatic rings. The second-order valence-electron chi connectivity index (χ2n) is 10.1. The van der Waals surface area contributed by atoms with Gasteiger partial charge in [0, 0.05) is 24.7 Å². The van der Waals surface area contributed by atoms with Crippen LogP contribution in [0.2, 0.25) is 10.0 Å². The third-order valence-electron chi connectivity index (χ3n) is 7.41. The topological polar surface area (TPSA) is 67.9 Å². The second kappa shape index (κ2) is 11.5. The Morgan fingerprint density at radius 2 is 1.86 bits per heavy atom. The van der Waals surface area contributed by atoms with Gasteiger partial charge in [-0.1, -0.05) is 29.3 Å². The summed E-state index contributed by atoms with van der Waals surface area (Å²) in [5.41, 5.74) is 2.15. The van der Waals surface area contributed by atoms with Crippen molar-refractivity contribution in [1.82, 2.24) is 10.2 Å². The summed E-state index contributed by atoms with van der Waals surface area (Å²) in [6.07, 6.45) is 6.01. The molecule has 2 aromatic carbocycles. The van der Waals surface area contributed by atoms with E-state index < -0.39 is 0 Å². The minimum Gasteiger partial charge on any atom is -0.493 e. The summed E-state index contributed by atoms with van der Waals surface area (Å²) >= 11 is 12.0. The number of fused-ring (bicyclic) bond motifs is 1. The molecule has 5 rings (SSSR count). The van der Waals surface area contributed by atoms with Gasteiger partial charge >= 0.3 is 0 Å². The van der Waals surface area contributed by atoms with Crippen molar-refractivity contribution in [3.63, 3.8) is 0 Å². The molecule has 2 heterocycles. The minimum atomic E-state index is -0.115. The Labute approximate surface area is 227 Å². The molecule has 0 unspecified atom stereocenters. The van der Waals surface area contributed by atoms with Crippen LogP contribution in [0.1, 0.15) is 66.2 Å². The van der Waals surface area contributed by atoms with Gasteiger partial charge in [0.25, 0.3) is 5.91 Å². The van der Waals surface area contributed by atoms with Gasteiger partial charge in [0.1, 0.15) is 17.1 Å². The summed E-state index contributed by atoms with van der Waals surface area (Å²) in [6.45, 7) is 5.44. The summed E-state index contributed by atoms with van der Waals surface area (Å²) in [7, 11) is 0. The molecule has 196 valence electrons. The van der Waals surface area contributed by atoms with Gasteiger partial charge in [-0.3, -0.25) is 9.59 Å². The molecule has 0 radical (unpaired) electrons. The third-order valence-corrected chi connectivity index (χ3v) is 8.15. The Balaban J connectivity index is 1.02. The van der Waals surface area contributed by atoms with Gasteiger partial charge in [-0.25, -0.2) is 0 Å². The molecule has 2 aromatic rings. The van der Waals surface area contributed by atoms with E-state index in [4.69, 9.17) is 32.7 Å². The first kappa shape index (κ1) is 26.1. The number of piperidine rings is 1. The molecular weight excluding hydrogens is 511 g/mol. The molecule has 0 aromatic heterocycles. The molecular formula is C29H32Cl2N2O4. The van der Waals surface area contributed by atoms with E-state index in [1.165, 1.54) is 0 Å². The van der Waals surface area contributed by atoms with E-state index >= 15 is 0 Å². The Bertz CT molecular complexity index is 1220. The standard InChI is InChI=1S/C29H32Cl2N2O4/c1-18(19-7-8-19)28-27(34)26-24(5-4-6-25(26)37-28)36-16-3-2-13-33-14-11-21(12-15-33)32-29(35)20-9-10-22(30)23(31)17-20/h4-6,9-10,17,19,21H,2-3,7-8,11-16H2,1H3,(H,32,35)/b28-18-. The fourth-order valence-corrected chi connectivity index (χ4v) is 5.30. The highest BCUT2D eigenvalue weighted by molar-refractivity contribution is 6.42. The number of amides is 1. The van der Waals surface area contributed by atoms with Crippen LogP contribution in [0, 0.1) is 5.92 Å². The van der Waals surface area contributed by atoms with Gasteiger partial charge in [-0.2, -0.15) is 0 Å². The molecule has 1 saturated heterocycles. The number of benzene rings is 2. The number of carbonyl (C=O) groups excluding carboxylic acids is 2. The zero-order valence-electron chi connectivity index (χ0n) is 21.0. The van der Waals surface area contributed by atoms with Crippen molar-refractivity contribution in [2.45, 2.75) is 51.5 Å². The maximum Gasteiger partial charge on any atom is 0.251 e. The SMILES string of the molecule is C/C(=C1/Oc2cccc(OCCCCN3CCC(NC(=O)c4ccc(Cl)c(Cl)c4)CC3)c2C1=O)C1CC1. The van der Waals surface area contributed by atoms with Crippen molar-refractivity contribution in [1.29, 1.82) is 0 Å². The van der Waals surface area contributed by atoms with Crippen molar-refractivity contribution < 1.29 is 19.1 Å². The van der Waals surface area contributed by atoms with Crippen LogP contribution in [-0.2, 0) is 0 Å². The van der Waals surface area contributed by atoms with Crippen LogP contribution in [0.15, 0.2) is 47.7 Å². The van der Waals surface area contributed by atoms with Gasteiger partial charge in [0.15, 0.2) is 5.76 Å². The number of ether oxygens (including phenoxy) is 2. The number of halogens is 2. The molecule has 8 heteroatoms. The van der Waals surface area contributed by atoms with E-state index in [0.717, 1.165) is 63.7 Å². The van der Waals surface area contributed by atoms with Gasteiger partial charge in [0.05, 0.1) is 16.7 Å². The zero-order chi connectivity index (χ0) is 25.9. The highest BCUT2D eigenvalue weighted by atomic mass is 35.5.